The van der Waals surface area contributed by atoms with E-state index in [0.29, 0.717) is 23.4 Å². The summed E-state index contributed by atoms with van der Waals surface area (Å²) in [6.07, 6.45) is 4.78. The largest absolute Gasteiger partial charge is 0.368 e. The van der Waals surface area contributed by atoms with Crippen LogP contribution in [0.5, 0.6) is 0 Å². The minimum atomic E-state index is -0.345. The van der Waals surface area contributed by atoms with Crippen LogP contribution in [0.2, 0.25) is 0 Å². The van der Waals surface area contributed by atoms with Crippen LogP contribution < -0.4 is 16.4 Å². The van der Waals surface area contributed by atoms with E-state index in [9.17, 15) is 4.79 Å². The molecule has 0 saturated carbocycles. The Kier molecular flexibility index (Phi) is 5.54. The monoisotopic (exact) mass is 330 g/mol. The third-order valence-corrected chi connectivity index (χ3v) is 3.92. The summed E-state index contributed by atoms with van der Waals surface area (Å²) in [4.78, 5) is 24.4. The molecular formula is C17H26N6O. The standard InChI is InChI=1S/C17H26N6O/c1-5-6-7-17(4,10-20-12(3)24)23-15-14-13(21-16(18)22-15)8-11(2)9-19-14/h8-9H,5-7,10H2,1-4H3,(H,20,24)(H3,18,21,22,23)/t17-/m0/s1. The molecule has 2 heterocycles. The van der Waals surface area contributed by atoms with Gasteiger partial charge in [0.25, 0.3) is 0 Å². The highest BCUT2D eigenvalue weighted by Gasteiger charge is 2.26. The summed E-state index contributed by atoms with van der Waals surface area (Å²) in [5.74, 6) is 0.747. The van der Waals surface area contributed by atoms with Crippen LogP contribution in [0.1, 0.15) is 45.6 Å². The normalized spacial score (nSPS) is 13.5. The van der Waals surface area contributed by atoms with Crippen LogP contribution in [0.4, 0.5) is 11.8 Å². The third-order valence-electron chi connectivity index (χ3n) is 3.92. The van der Waals surface area contributed by atoms with Crippen LogP contribution in [-0.2, 0) is 4.79 Å². The summed E-state index contributed by atoms with van der Waals surface area (Å²) >= 11 is 0. The number of unbranched alkanes of at least 4 members (excludes halogenated alkanes) is 1. The van der Waals surface area contributed by atoms with Crippen molar-refractivity contribution in [3.05, 3.63) is 17.8 Å². The number of hydrogen-bond donors (Lipinski definition) is 3. The summed E-state index contributed by atoms with van der Waals surface area (Å²) in [7, 11) is 0. The lowest BCUT2D eigenvalue weighted by Gasteiger charge is -2.32. The zero-order valence-corrected chi connectivity index (χ0v) is 14.8. The van der Waals surface area contributed by atoms with Gasteiger partial charge in [-0.2, -0.15) is 4.98 Å². The van der Waals surface area contributed by atoms with E-state index < -0.39 is 0 Å². The molecule has 0 bridgehead atoms. The number of rotatable bonds is 7. The number of carbonyl (C=O) groups excluding carboxylic acids is 1. The van der Waals surface area contributed by atoms with Crippen molar-refractivity contribution in [2.24, 2.45) is 0 Å². The van der Waals surface area contributed by atoms with E-state index in [1.807, 2.05) is 13.0 Å². The molecule has 2 aromatic rings. The van der Waals surface area contributed by atoms with Gasteiger partial charge in [-0.25, -0.2) is 4.98 Å². The molecule has 0 aliphatic heterocycles. The lowest BCUT2D eigenvalue weighted by atomic mass is 9.94. The molecule has 1 atom stereocenters. The Morgan fingerprint density at radius 2 is 2.12 bits per heavy atom. The van der Waals surface area contributed by atoms with Crippen molar-refractivity contribution in [1.82, 2.24) is 20.3 Å². The predicted molar refractivity (Wildman–Crippen MR) is 96.7 cm³/mol. The number of amides is 1. The van der Waals surface area contributed by atoms with Gasteiger partial charge in [-0.1, -0.05) is 19.8 Å². The third kappa shape index (κ3) is 4.53. The molecule has 0 saturated heterocycles. The van der Waals surface area contributed by atoms with Gasteiger partial charge in [0, 0.05) is 19.7 Å². The molecule has 0 unspecified atom stereocenters. The number of nitrogens with two attached hydrogens (primary N) is 1. The number of aromatic nitrogens is 3. The first-order valence-electron chi connectivity index (χ1n) is 8.25. The highest BCUT2D eigenvalue weighted by Crippen LogP contribution is 2.25. The van der Waals surface area contributed by atoms with Crippen molar-refractivity contribution in [1.29, 1.82) is 0 Å². The number of hydrogen-bond acceptors (Lipinski definition) is 6. The zero-order valence-electron chi connectivity index (χ0n) is 14.8. The van der Waals surface area contributed by atoms with E-state index in [1.165, 1.54) is 6.92 Å². The van der Waals surface area contributed by atoms with E-state index in [-0.39, 0.29) is 17.4 Å². The Bertz CT molecular complexity index is 727. The van der Waals surface area contributed by atoms with Crippen molar-refractivity contribution >= 4 is 28.7 Å². The molecule has 2 rings (SSSR count). The fourth-order valence-electron chi connectivity index (χ4n) is 2.59. The fraction of sp³-hybridized carbons (Fsp3) is 0.529. The average molecular weight is 330 g/mol. The van der Waals surface area contributed by atoms with E-state index in [1.54, 1.807) is 6.20 Å². The van der Waals surface area contributed by atoms with Gasteiger partial charge in [0.2, 0.25) is 11.9 Å². The number of fused-ring (bicyclic) bond motifs is 1. The van der Waals surface area contributed by atoms with Gasteiger partial charge in [0.1, 0.15) is 5.52 Å². The number of nitrogens with zero attached hydrogens (tertiary/aromatic N) is 3. The molecule has 1 amide bonds. The van der Waals surface area contributed by atoms with Gasteiger partial charge in [-0.3, -0.25) is 9.78 Å². The highest BCUT2D eigenvalue weighted by atomic mass is 16.1. The van der Waals surface area contributed by atoms with Gasteiger partial charge < -0.3 is 16.4 Å². The maximum atomic E-state index is 11.3. The van der Waals surface area contributed by atoms with E-state index in [2.05, 4.69) is 39.4 Å². The molecule has 7 nitrogen and oxygen atoms in total. The number of carbonyl (C=O) groups is 1. The molecule has 0 spiro atoms. The molecule has 0 aliphatic carbocycles. The average Bonchev–Trinajstić information content (AvgIpc) is 2.50. The molecular weight excluding hydrogens is 304 g/mol. The zero-order chi connectivity index (χ0) is 17.7. The smallest absolute Gasteiger partial charge is 0.222 e. The molecule has 0 aliphatic rings. The second-order valence-electron chi connectivity index (χ2n) is 6.51. The lowest BCUT2D eigenvalue weighted by Crippen LogP contribution is -2.46. The Morgan fingerprint density at radius 1 is 1.38 bits per heavy atom. The second-order valence-corrected chi connectivity index (χ2v) is 6.51. The van der Waals surface area contributed by atoms with Gasteiger partial charge in [0.05, 0.1) is 11.1 Å². The molecule has 130 valence electrons. The van der Waals surface area contributed by atoms with Crippen LogP contribution >= 0.6 is 0 Å². The van der Waals surface area contributed by atoms with E-state index >= 15 is 0 Å². The van der Waals surface area contributed by atoms with Gasteiger partial charge in [0.15, 0.2) is 5.82 Å². The quantitative estimate of drug-likeness (QED) is 0.720. The minimum Gasteiger partial charge on any atom is -0.368 e. The maximum absolute atomic E-state index is 11.3. The molecule has 2 aromatic heterocycles. The van der Waals surface area contributed by atoms with Gasteiger partial charge in [-0.05, 0) is 31.9 Å². The van der Waals surface area contributed by atoms with Crippen LogP contribution in [0.3, 0.4) is 0 Å². The number of aryl methyl sites for hydroxylation is 1. The summed E-state index contributed by atoms with van der Waals surface area (Å²) in [6, 6.07) is 1.93. The molecule has 7 heteroatoms. The Morgan fingerprint density at radius 3 is 2.79 bits per heavy atom. The van der Waals surface area contributed by atoms with Crippen LogP contribution in [0.15, 0.2) is 12.3 Å². The maximum Gasteiger partial charge on any atom is 0.222 e. The van der Waals surface area contributed by atoms with Crippen molar-refractivity contribution in [3.63, 3.8) is 0 Å². The molecule has 4 N–H and O–H groups in total. The lowest BCUT2D eigenvalue weighted by molar-refractivity contribution is -0.119. The highest BCUT2D eigenvalue weighted by molar-refractivity contribution is 5.86. The Labute approximate surface area is 142 Å². The Balaban J connectivity index is 2.37. The van der Waals surface area contributed by atoms with E-state index in [4.69, 9.17) is 5.73 Å². The van der Waals surface area contributed by atoms with Crippen LogP contribution in [0.25, 0.3) is 11.0 Å². The van der Waals surface area contributed by atoms with Crippen molar-refractivity contribution in [2.45, 2.75) is 52.5 Å². The number of nitrogens with one attached hydrogen (secondary N) is 2. The van der Waals surface area contributed by atoms with E-state index in [0.717, 1.165) is 24.8 Å². The van der Waals surface area contributed by atoms with Crippen LogP contribution in [-0.4, -0.2) is 32.9 Å². The SMILES string of the molecule is CCCC[C@@](C)(CNC(C)=O)Nc1nc(N)nc2cc(C)cnc12. The number of pyridine rings is 1. The summed E-state index contributed by atoms with van der Waals surface area (Å²) in [6.45, 7) is 8.18. The molecule has 0 fully saturated rings. The first kappa shape index (κ1) is 17.9. The van der Waals surface area contributed by atoms with Crippen LogP contribution in [0, 0.1) is 6.92 Å². The second kappa shape index (κ2) is 7.42. The number of anilines is 2. The fourth-order valence-corrected chi connectivity index (χ4v) is 2.59. The summed E-state index contributed by atoms with van der Waals surface area (Å²) in [5, 5.41) is 6.33. The summed E-state index contributed by atoms with van der Waals surface area (Å²) in [5.41, 5.74) is 7.91. The van der Waals surface area contributed by atoms with Crippen molar-refractivity contribution < 1.29 is 4.79 Å². The first-order valence-corrected chi connectivity index (χ1v) is 8.25. The predicted octanol–water partition coefficient (Wildman–Crippen LogP) is 2.41. The molecule has 0 aromatic carbocycles. The van der Waals surface area contributed by atoms with Gasteiger partial charge in [-0.15, -0.1) is 0 Å². The topological polar surface area (TPSA) is 106 Å². The van der Waals surface area contributed by atoms with Gasteiger partial charge >= 0.3 is 0 Å². The first-order chi connectivity index (χ1) is 11.3. The number of nitrogen functional groups attached to an aromatic ring is 1. The molecule has 0 radical (unpaired) electrons. The Hall–Kier alpha value is -2.44. The molecule has 24 heavy (non-hydrogen) atoms. The minimum absolute atomic E-state index is 0.0552. The van der Waals surface area contributed by atoms with Crippen molar-refractivity contribution in [2.75, 3.05) is 17.6 Å². The summed E-state index contributed by atoms with van der Waals surface area (Å²) < 4.78 is 0. The van der Waals surface area contributed by atoms with Crippen molar-refractivity contribution in [3.8, 4) is 0 Å².